The van der Waals surface area contributed by atoms with Crippen LogP contribution in [0.15, 0.2) is 77.7 Å². The molecule has 2 amide bonds. The third-order valence-electron chi connectivity index (χ3n) is 4.64. The number of ether oxygens (including phenoxy) is 3. The van der Waals surface area contributed by atoms with Crippen molar-refractivity contribution in [3.63, 3.8) is 0 Å². The molecule has 3 aromatic rings. The topological polar surface area (TPSA) is 132 Å². The monoisotopic (exact) mass is 499 g/mol. The predicted octanol–water partition coefficient (Wildman–Crippen LogP) is 2.64. The van der Waals surface area contributed by atoms with Crippen molar-refractivity contribution >= 4 is 33.2 Å². The lowest BCUT2D eigenvalue weighted by Crippen LogP contribution is -2.35. The molecule has 0 atom stereocenters. The van der Waals surface area contributed by atoms with Crippen LogP contribution in [-0.4, -0.2) is 47.6 Å². The molecule has 0 spiro atoms. The van der Waals surface area contributed by atoms with Crippen molar-refractivity contribution in [3.05, 3.63) is 72.8 Å². The number of methoxy groups -OCH3 is 2. The fourth-order valence-electron chi connectivity index (χ4n) is 2.93. The Bertz CT molecular complexity index is 1260. The van der Waals surface area contributed by atoms with Crippen LogP contribution in [0.1, 0.15) is 0 Å². The Hall–Kier alpha value is -4.25. The quantitative estimate of drug-likeness (QED) is 0.369. The van der Waals surface area contributed by atoms with Crippen molar-refractivity contribution in [2.45, 2.75) is 4.90 Å². The zero-order valence-electron chi connectivity index (χ0n) is 19.1. The van der Waals surface area contributed by atoms with Gasteiger partial charge in [0.1, 0.15) is 22.1 Å². The minimum absolute atomic E-state index is 0.0929. The molecule has 0 radical (unpaired) electrons. The normalized spacial score (nSPS) is 10.7. The van der Waals surface area contributed by atoms with E-state index in [0.29, 0.717) is 17.2 Å². The summed E-state index contributed by atoms with van der Waals surface area (Å²) >= 11 is 0. The molecule has 184 valence electrons. The number of rotatable bonds is 11. The van der Waals surface area contributed by atoms with Gasteiger partial charge in [-0.05, 0) is 54.6 Å². The first-order valence-corrected chi connectivity index (χ1v) is 11.9. The van der Waals surface area contributed by atoms with E-state index in [1.807, 2.05) is 6.07 Å². The molecule has 0 aromatic heterocycles. The molecule has 11 heteroatoms. The number of carbonyl (C=O) groups is 2. The number of hydrogen-bond acceptors (Lipinski definition) is 7. The summed E-state index contributed by atoms with van der Waals surface area (Å²) in [6, 6.07) is 19.3. The van der Waals surface area contributed by atoms with E-state index in [1.165, 1.54) is 32.4 Å². The maximum Gasteiger partial charge on any atom is 0.265 e. The molecular formula is C24H25N3O7S. The Balaban J connectivity index is 1.61. The Morgan fingerprint density at radius 1 is 0.800 bits per heavy atom. The molecule has 35 heavy (non-hydrogen) atoms. The average Bonchev–Trinajstić information content (AvgIpc) is 2.87. The maximum atomic E-state index is 13.0. The predicted molar refractivity (Wildman–Crippen MR) is 130 cm³/mol. The molecule has 0 unspecified atom stereocenters. The minimum atomic E-state index is -4.05. The molecular weight excluding hydrogens is 474 g/mol. The van der Waals surface area contributed by atoms with Gasteiger partial charge in [-0.1, -0.05) is 18.2 Å². The van der Waals surface area contributed by atoms with Crippen molar-refractivity contribution in [2.24, 2.45) is 0 Å². The second-order valence-corrected chi connectivity index (χ2v) is 8.78. The van der Waals surface area contributed by atoms with Gasteiger partial charge in [-0.2, -0.15) is 0 Å². The molecule has 0 aliphatic rings. The van der Waals surface area contributed by atoms with E-state index in [0.717, 1.165) is 0 Å². The Kier molecular flexibility index (Phi) is 8.52. The van der Waals surface area contributed by atoms with Crippen LogP contribution >= 0.6 is 0 Å². The first-order valence-electron chi connectivity index (χ1n) is 10.4. The molecule has 0 bridgehead atoms. The van der Waals surface area contributed by atoms with Crippen LogP contribution in [0.4, 0.5) is 11.4 Å². The molecule has 0 fully saturated rings. The highest BCUT2D eigenvalue weighted by atomic mass is 32.2. The summed E-state index contributed by atoms with van der Waals surface area (Å²) < 4.78 is 44.0. The lowest BCUT2D eigenvalue weighted by molar-refractivity contribution is -0.125. The summed E-state index contributed by atoms with van der Waals surface area (Å²) in [4.78, 5) is 24.0. The Labute approximate surface area is 203 Å². The molecule has 0 heterocycles. The van der Waals surface area contributed by atoms with Gasteiger partial charge in [-0.15, -0.1) is 0 Å². The van der Waals surface area contributed by atoms with Gasteiger partial charge in [-0.3, -0.25) is 14.3 Å². The molecule has 3 rings (SSSR count). The van der Waals surface area contributed by atoms with Crippen LogP contribution in [-0.2, 0) is 19.6 Å². The molecule has 0 aliphatic carbocycles. The third-order valence-corrected chi connectivity index (χ3v) is 6.04. The first kappa shape index (κ1) is 25.4. The highest BCUT2D eigenvalue weighted by molar-refractivity contribution is 7.92. The zero-order chi connectivity index (χ0) is 25.3. The van der Waals surface area contributed by atoms with Crippen LogP contribution in [0, 0.1) is 0 Å². The van der Waals surface area contributed by atoms with Crippen molar-refractivity contribution in [2.75, 3.05) is 37.4 Å². The molecule has 0 saturated heterocycles. The van der Waals surface area contributed by atoms with Crippen LogP contribution in [0.3, 0.4) is 0 Å². The summed E-state index contributed by atoms with van der Waals surface area (Å²) in [7, 11) is -1.20. The number of anilines is 2. The molecule has 0 aliphatic heterocycles. The van der Waals surface area contributed by atoms with Gasteiger partial charge in [0.25, 0.3) is 15.9 Å². The number of benzene rings is 3. The van der Waals surface area contributed by atoms with Crippen LogP contribution in [0.25, 0.3) is 0 Å². The highest BCUT2D eigenvalue weighted by Gasteiger charge is 2.21. The number of para-hydroxylation sites is 1. The zero-order valence-corrected chi connectivity index (χ0v) is 19.9. The summed E-state index contributed by atoms with van der Waals surface area (Å²) in [5.74, 6) is 0.173. The maximum absolute atomic E-state index is 13.0. The summed E-state index contributed by atoms with van der Waals surface area (Å²) in [5.41, 5.74) is 0.531. The Morgan fingerprint density at radius 2 is 1.49 bits per heavy atom. The van der Waals surface area contributed by atoms with E-state index < -0.39 is 21.8 Å². The fourth-order valence-corrected chi connectivity index (χ4v) is 4.19. The van der Waals surface area contributed by atoms with Gasteiger partial charge in [-0.25, -0.2) is 8.42 Å². The number of nitrogens with one attached hydrogen (secondary N) is 3. The smallest absolute Gasteiger partial charge is 0.265 e. The minimum Gasteiger partial charge on any atom is -0.497 e. The molecule has 3 N–H and O–H groups in total. The van der Waals surface area contributed by atoms with Gasteiger partial charge >= 0.3 is 0 Å². The number of carbonyl (C=O) groups excluding carboxylic acids is 2. The van der Waals surface area contributed by atoms with E-state index in [-0.39, 0.29) is 29.5 Å². The van der Waals surface area contributed by atoms with Gasteiger partial charge in [0.2, 0.25) is 5.91 Å². The second-order valence-electron chi connectivity index (χ2n) is 7.13. The fraction of sp³-hybridized carbons (Fsp3) is 0.167. The first-order chi connectivity index (χ1) is 16.8. The van der Waals surface area contributed by atoms with E-state index in [1.54, 1.807) is 48.5 Å². The summed E-state index contributed by atoms with van der Waals surface area (Å²) in [6.45, 7) is -0.575. The number of sulfonamides is 1. The standard InChI is InChI=1S/C24H25N3O7S/c1-32-19-11-8-17(9-12-19)27-35(30,31)22-14-18(10-13-21(22)33-2)26-23(28)15-25-24(29)16-34-20-6-4-3-5-7-20/h3-14,27H,15-16H2,1-2H3,(H,25,29)(H,26,28). The Morgan fingerprint density at radius 3 is 2.14 bits per heavy atom. The van der Waals surface area contributed by atoms with E-state index in [4.69, 9.17) is 14.2 Å². The molecule has 0 saturated carbocycles. The second kappa shape index (κ2) is 11.7. The van der Waals surface area contributed by atoms with Crippen LogP contribution in [0.2, 0.25) is 0 Å². The van der Waals surface area contributed by atoms with Gasteiger partial charge in [0, 0.05) is 11.4 Å². The average molecular weight is 500 g/mol. The molecule has 3 aromatic carbocycles. The van der Waals surface area contributed by atoms with Gasteiger partial charge < -0.3 is 24.8 Å². The van der Waals surface area contributed by atoms with Crippen molar-refractivity contribution in [1.29, 1.82) is 0 Å². The lowest BCUT2D eigenvalue weighted by atomic mass is 10.3. The number of amides is 2. The van der Waals surface area contributed by atoms with Crippen molar-refractivity contribution in [1.82, 2.24) is 5.32 Å². The lowest BCUT2D eigenvalue weighted by Gasteiger charge is -2.14. The number of hydrogen-bond donors (Lipinski definition) is 3. The largest absolute Gasteiger partial charge is 0.497 e. The third kappa shape index (κ3) is 7.37. The SMILES string of the molecule is COc1ccc(NS(=O)(=O)c2cc(NC(=O)CNC(=O)COc3ccccc3)ccc2OC)cc1. The van der Waals surface area contributed by atoms with E-state index in [2.05, 4.69) is 15.4 Å². The summed E-state index contributed by atoms with van der Waals surface area (Å²) in [5, 5.41) is 5.00. The van der Waals surface area contributed by atoms with E-state index >= 15 is 0 Å². The van der Waals surface area contributed by atoms with Gasteiger partial charge in [0.15, 0.2) is 6.61 Å². The van der Waals surface area contributed by atoms with Crippen molar-refractivity contribution in [3.8, 4) is 17.2 Å². The molecule has 10 nitrogen and oxygen atoms in total. The van der Waals surface area contributed by atoms with Gasteiger partial charge in [0.05, 0.1) is 20.8 Å². The van der Waals surface area contributed by atoms with Crippen LogP contribution < -0.4 is 29.6 Å². The summed E-state index contributed by atoms with van der Waals surface area (Å²) in [6.07, 6.45) is 0. The highest BCUT2D eigenvalue weighted by Crippen LogP contribution is 2.29. The van der Waals surface area contributed by atoms with Crippen molar-refractivity contribution < 1.29 is 32.2 Å². The van der Waals surface area contributed by atoms with E-state index in [9.17, 15) is 18.0 Å². The van der Waals surface area contributed by atoms with Crippen LogP contribution in [0.5, 0.6) is 17.2 Å².